The first kappa shape index (κ1) is 18.4. The van der Waals surface area contributed by atoms with Crippen LogP contribution < -0.4 is 10.6 Å². The third-order valence-corrected chi connectivity index (χ3v) is 4.46. The first-order chi connectivity index (χ1) is 12.5. The standard InChI is InChI=1S/C19H20ClN5S/c1-13(2)14-7-9-16(10-8-14)22-19(26)23-18-21-12-25(24-18)11-15-5-3-4-6-17(15)20/h3-10,12-13H,11H2,1-2H3,(H2,22,23,24,26). The number of rotatable bonds is 5. The van der Waals surface area contributed by atoms with Crippen molar-refractivity contribution in [1.82, 2.24) is 14.8 Å². The summed E-state index contributed by atoms with van der Waals surface area (Å²) >= 11 is 11.5. The largest absolute Gasteiger partial charge is 0.332 e. The Labute approximate surface area is 163 Å². The van der Waals surface area contributed by atoms with E-state index in [2.05, 4.69) is 46.7 Å². The number of halogens is 1. The van der Waals surface area contributed by atoms with Crippen LogP contribution in [0.4, 0.5) is 11.6 Å². The highest BCUT2D eigenvalue weighted by molar-refractivity contribution is 7.80. The zero-order valence-corrected chi connectivity index (χ0v) is 16.2. The smallest absolute Gasteiger partial charge is 0.248 e. The Morgan fingerprint density at radius 2 is 1.85 bits per heavy atom. The van der Waals surface area contributed by atoms with Crippen molar-refractivity contribution >= 4 is 40.6 Å². The van der Waals surface area contributed by atoms with Crippen molar-refractivity contribution in [2.75, 3.05) is 10.6 Å². The summed E-state index contributed by atoms with van der Waals surface area (Å²) in [6.45, 7) is 4.88. The van der Waals surface area contributed by atoms with Gasteiger partial charge in [0, 0.05) is 10.7 Å². The molecule has 0 unspecified atom stereocenters. The van der Waals surface area contributed by atoms with Crippen molar-refractivity contribution in [2.24, 2.45) is 0 Å². The van der Waals surface area contributed by atoms with Crippen LogP contribution in [-0.2, 0) is 6.54 Å². The average Bonchev–Trinajstić information content (AvgIpc) is 3.04. The number of thiocarbonyl (C=S) groups is 1. The number of benzene rings is 2. The fraction of sp³-hybridized carbons (Fsp3) is 0.211. The van der Waals surface area contributed by atoms with E-state index < -0.39 is 0 Å². The molecule has 1 aromatic heterocycles. The molecule has 0 fully saturated rings. The van der Waals surface area contributed by atoms with Crippen molar-refractivity contribution < 1.29 is 0 Å². The summed E-state index contributed by atoms with van der Waals surface area (Å²) < 4.78 is 1.71. The van der Waals surface area contributed by atoms with Crippen molar-refractivity contribution in [3.8, 4) is 0 Å². The molecule has 0 bridgehead atoms. The zero-order chi connectivity index (χ0) is 18.5. The van der Waals surface area contributed by atoms with Crippen LogP contribution in [0.1, 0.15) is 30.9 Å². The number of nitrogens with zero attached hydrogens (tertiary/aromatic N) is 3. The van der Waals surface area contributed by atoms with Crippen LogP contribution in [-0.4, -0.2) is 19.9 Å². The number of hydrogen-bond acceptors (Lipinski definition) is 3. The molecule has 134 valence electrons. The second kappa shape index (κ2) is 8.29. The topological polar surface area (TPSA) is 54.8 Å². The van der Waals surface area contributed by atoms with Gasteiger partial charge in [0.25, 0.3) is 0 Å². The quantitative estimate of drug-likeness (QED) is 0.611. The van der Waals surface area contributed by atoms with Gasteiger partial charge in [-0.05, 0) is 47.5 Å². The van der Waals surface area contributed by atoms with Gasteiger partial charge < -0.3 is 5.32 Å². The fourth-order valence-corrected chi connectivity index (χ4v) is 2.85. The second-order valence-corrected chi connectivity index (χ2v) is 7.03. The van der Waals surface area contributed by atoms with Crippen LogP contribution in [0.5, 0.6) is 0 Å². The molecule has 0 aliphatic rings. The van der Waals surface area contributed by atoms with Crippen molar-refractivity contribution in [3.05, 3.63) is 71.0 Å². The maximum absolute atomic E-state index is 6.18. The van der Waals surface area contributed by atoms with Crippen LogP contribution in [0.15, 0.2) is 54.9 Å². The molecule has 0 spiro atoms. The van der Waals surface area contributed by atoms with Gasteiger partial charge in [-0.25, -0.2) is 9.67 Å². The monoisotopic (exact) mass is 385 g/mol. The Kier molecular flexibility index (Phi) is 5.85. The zero-order valence-electron chi connectivity index (χ0n) is 14.6. The average molecular weight is 386 g/mol. The van der Waals surface area contributed by atoms with Gasteiger partial charge in [-0.1, -0.05) is 55.8 Å². The summed E-state index contributed by atoms with van der Waals surface area (Å²) in [5, 5.41) is 11.7. The van der Waals surface area contributed by atoms with Gasteiger partial charge in [0.2, 0.25) is 5.95 Å². The van der Waals surface area contributed by atoms with Crippen LogP contribution >= 0.6 is 23.8 Å². The molecule has 3 rings (SSSR count). The normalized spacial score (nSPS) is 10.8. The Hall–Kier alpha value is -2.44. The molecule has 2 aromatic carbocycles. The summed E-state index contributed by atoms with van der Waals surface area (Å²) in [5.74, 6) is 0.939. The van der Waals surface area contributed by atoms with Crippen molar-refractivity contribution in [1.29, 1.82) is 0 Å². The van der Waals surface area contributed by atoms with Crippen LogP contribution in [0.3, 0.4) is 0 Å². The Bertz CT molecular complexity index is 889. The van der Waals surface area contributed by atoms with E-state index in [1.807, 2.05) is 36.4 Å². The van der Waals surface area contributed by atoms with Crippen LogP contribution in [0, 0.1) is 0 Å². The van der Waals surface area contributed by atoms with E-state index in [9.17, 15) is 0 Å². The lowest BCUT2D eigenvalue weighted by molar-refractivity contribution is 0.687. The molecule has 1 heterocycles. The molecule has 26 heavy (non-hydrogen) atoms. The molecule has 0 aliphatic heterocycles. The highest BCUT2D eigenvalue weighted by Gasteiger charge is 2.06. The van der Waals surface area contributed by atoms with Gasteiger partial charge in [0.05, 0.1) is 6.54 Å². The molecular weight excluding hydrogens is 366 g/mol. The number of anilines is 2. The lowest BCUT2D eigenvalue weighted by Crippen LogP contribution is -2.20. The molecule has 0 radical (unpaired) electrons. The predicted octanol–water partition coefficient (Wildman–Crippen LogP) is 4.91. The Morgan fingerprint density at radius 1 is 1.12 bits per heavy atom. The minimum absolute atomic E-state index is 0.438. The SMILES string of the molecule is CC(C)c1ccc(NC(=S)Nc2ncn(Cc3ccccc3Cl)n2)cc1. The number of nitrogens with one attached hydrogen (secondary N) is 2. The maximum Gasteiger partial charge on any atom is 0.248 e. The lowest BCUT2D eigenvalue weighted by atomic mass is 10.0. The van der Waals surface area contributed by atoms with E-state index in [1.165, 1.54) is 5.56 Å². The van der Waals surface area contributed by atoms with Gasteiger partial charge >= 0.3 is 0 Å². The van der Waals surface area contributed by atoms with Crippen LogP contribution in [0.2, 0.25) is 5.02 Å². The summed E-state index contributed by atoms with van der Waals surface area (Å²) in [4.78, 5) is 4.23. The number of hydrogen-bond donors (Lipinski definition) is 2. The van der Waals surface area contributed by atoms with Gasteiger partial charge in [0.15, 0.2) is 5.11 Å². The first-order valence-corrected chi connectivity index (χ1v) is 9.10. The minimum atomic E-state index is 0.438. The highest BCUT2D eigenvalue weighted by atomic mass is 35.5. The van der Waals surface area contributed by atoms with E-state index in [0.29, 0.717) is 28.5 Å². The van der Waals surface area contributed by atoms with Gasteiger partial charge in [-0.15, -0.1) is 5.10 Å². The molecule has 0 aliphatic carbocycles. The van der Waals surface area contributed by atoms with Gasteiger partial charge in [0.1, 0.15) is 6.33 Å². The summed E-state index contributed by atoms with van der Waals surface area (Å²) in [5.41, 5.74) is 3.19. The van der Waals surface area contributed by atoms with E-state index in [0.717, 1.165) is 11.3 Å². The van der Waals surface area contributed by atoms with Crippen LogP contribution in [0.25, 0.3) is 0 Å². The van der Waals surface area contributed by atoms with E-state index >= 15 is 0 Å². The van der Waals surface area contributed by atoms with Gasteiger partial charge in [-0.2, -0.15) is 0 Å². The lowest BCUT2D eigenvalue weighted by Gasteiger charge is -2.10. The van der Waals surface area contributed by atoms with E-state index in [4.69, 9.17) is 23.8 Å². The first-order valence-electron chi connectivity index (χ1n) is 8.32. The third kappa shape index (κ3) is 4.80. The maximum atomic E-state index is 6.18. The molecular formula is C19H20ClN5S. The Balaban J connectivity index is 1.58. The molecule has 0 saturated heterocycles. The Morgan fingerprint density at radius 3 is 2.54 bits per heavy atom. The summed E-state index contributed by atoms with van der Waals surface area (Å²) in [7, 11) is 0. The predicted molar refractivity (Wildman–Crippen MR) is 111 cm³/mol. The molecule has 5 nitrogen and oxygen atoms in total. The second-order valence-electron chi connectivity index (χ2n) is 6.21. The number of aromatic nitrogens is 3. The molecule has 0 amide bonds. The van der Waals surface area contributed by atoms with Crippen molar-refractivity contribution in [3.63, 3.8) is 0 Å². The molecule has 0 atom stereocenters. The highest BCUT2D eigenvalue weighted by Crippen LogP contribution is 2.18. The minimum Gasteiger partial charge on any atom is -0.332 e. The van der Waals surface area contributed by atoms with Gasteiger partial charge in [-0.3, -0.25) is 5.32 Å². The molecule has 0 saturated carbocycles. The summed E-state index contributed by atoms with van der Waals surface area (Å²) in [6, 6.07) is 15.9. The van der Waals surface area contributed by atoms with E-state index in [-0.39, 0.29) is 0 Å². The molecule has 3 aromatic rings. The summed E-state index contributed by atoms with van der Waals surface area (Å²) in [6.07, 6.45) is 1.64. The fourth-order valence-electron chi connectivity index (χ4n) is 2.44. The molecule has 2 N–H and O–H groups in total. The third-order valence-electron chi connectivity index (χ3n) is 3.89. The molecule has 7 heteroatoms. The van der Waals surface area contributed by atoms with E-state index in [1.54, 1.807) is 11.0 Å². The van der Waals surface area contributed by atoms with Crippen molar-refractivity contribution in [2.45, 2.75) is 26.3 Å².